The van der Waals surface area contributed by atoms with Crippen LogP contribution in [0.4, 0.5) is 10.5 Å². The molecule has 1 aliphatic heterocycles. The van der Waals surface area contributed by atoms with Gasteiger partial charge in [-0.15, -0.1) is 0 Å². The first-order valence-electron chi connectivity index (χ1n) is 6.23. The monoisotopic (exact) mass is 295 g/mol. The second-order valence-electron chi connectivity index (χ2n) is 4.44. The van der Waals surface area contributed by atoms with Crippen molar-refractivity contribution in [2.45, 2.75) is 12.5 Å². The Morgan fingerprint density at radius 3 is 2.95 bits per heavy atom. The number of carbonyl (C=O) groups excluding carboxylic acids is 1. The Bertz CT molecular complexity index is 516. The molecule has 1 saturated heterocycles. The lowest BCUT2D eigenvalue weighted by atomic mass is 10.2. The van der Waals surface area contributed by atoms with E-state index in [-0.39, 0.29) is 17.1 Å². The van der Waals surface area contributed by atoms with Crippen LogP contribution in [0.3, 0.4) is 0 Å². The van der Waals surface area contributed by atoms with Crippen LogP contribution < -0.4 is 21.1 Å². The number of hydrogen-bond acceptors (Lipinski definition) is 4. The summed E-state index contributed by atoms with van der Waals surface area (Å²) in [6, 6.07) is 4.90. The molecule has 0 aromatic heterocycles. The molecule has 108 valence electrons. The molecule has 2 amide bonds. The van der Waals surface area contributed by atoms with Crippen LogP contribution in [0.2, 0.25) is 0 Å². The predicted octanol–water partition coefficient (Wildman–Crippen LogP) is 1.24. The minimum absolute atomic E-state index is 0.0527. The zero-order chi connectivity index (χ0) is 14.5. The second kappa shape index (κ2) is 6.53. The van der Waals surface area contributed by atoms with Gasteiger partial charge in [-0.25, -0.2) is 4.79 Å². The van der Waals surface area contributed by atoms with Crippen LogP contribution in [0.1, 0.15) is 12.0 Å². The lowest BCUT2D eigenvalue weighted by Crippen LogP contribution is -2.38. The van der Waals surface area contributed by atoms with Gasteiger partial charge in [-0.3, -0.25) is 0 Å². The number of nitrogens with two attached hydrogens (primary N) is 1. The standard InChI is InChI=1S/C13H17N3O3S/c1-18-11-6-8(12(14)20)2-3-10(11)16-13(17)15-9-4-5-19-7-9/h2-3,6,9H,4-5,7H2,1H3,(H2,14,20)(H2,15,16,17). The largest absolute Gasteiger partial charge is 0.495 e. The molecule has 4 N–H and O–H groups in total. The van der Waals surface area contributed by atoms with Gasteiger partial charge in [0.05, 0.1) is 25.4 Å². The third-order valence-electron chi connectivity index (χ3n) is 3.00. The molecule has 20 heavy (non-hydrogen) atoms. The van der Waals surface area contributed by atoms with Gasteiger partial charge in [0.15, 0.2) is 0 Å². The fraction of sp³-hybridized carbons (Fsp3) is 0.385. The van der Waals surface area contributed by atoms with E-state index >= 15 is 0 Å². The molecule has 1 heterocycles. The normalized spacial score (nSPS) is 17.6. The molecule has 1 fully saturated rings. The van der Waals surface area contributed by atoms with Crippen molar-refractivity contribution >= 4 is 28.9 Å². The summed E-state index contributed by atoms with van der Waals surface area (Å²) in [4.78, 5) is 12.2. The average Bonchev–Trinajstić information content (AvgIpc) is 2.91. The average molecular weight is 295 g/mol. The lowest BCUT2D eigenvalue weighted by Gasteiger charge is -2.14. The number of amides is 2. The summed E-state index contributed by atoms with van der Waals surface area (Å²) in [6.45, 7) is 1.22. The van der Waals surface area contributed by atoms with Crippen molar-refractivity contribution in [1.29, 1.82) is 0 Å². The maximum absolute atomic E-state index is 11.9. The number of nitrogens with one attached hydrogen (secondary N) is 2. The molecule has 1 aromatic rings. The topological polar surface area (TPSA) is 85.6 Å². The molecule has 0 spiro atoms. The highest BCUT2D eigenvalue weighted by molar-refractivity contribution is 7.80. The van der Waals surface area contributed by atoms with Crippen LogP contribution in [0, 0.1) is 0 Å². The van der Waals surface area contributed by atoms with E-state index < -0.39 is 0 Å². The van der Waals surface area contributed by atoms with Gasteiger partial charge >= 0.3 is 6.03 Å². The fourth-order valence-corrected chi connectivity index (χ4v) is 2.07. The molecule has 1 aliphatic rings. The Morgan fingerprint density at radius 2 is 2.35 bits per heavy atom. The molecule has 1 aromatic carbocycles. The Morgan fingerprint density at radius 1 is 1.55 bits per heavy atom. The maximum Gasteiger partial charge on any atom is 0.319 e. The first kappa shape index (κ1) is 14.5. The summed E-state index contributed by atoms with van der Waals surface area (Å²) < 4.78 is 10.4. The van der Waals surface area contributed by atoms with Crippen LogP contribution in [0.25, 0.3) is 0 Å². The summed E-state index contributed by atoms with van der Waals surface area (Å²) in [5, 5.41) is 5.57. The Labute approximate surface area is 122 Å². The number of rotatable bonds is 4. The van der Waals surface area contributed by atoms with Crippen molar-refractivity contribution in [2.24, 2.45) is 5.73 Å². The highest BCUT2D eigenvalue weighted by atomic mass is 32.1. The van der Waals surface area contributed by atoms with E-state index in [1.54, 1.807) is 18.2 Å². The van der Waals surface area contributed by atoms with E-state index in [2.05, 4.69) is 10.6 Å². The molecule has 6 nitrogen and oxygen atoms in total. The summed E-state index contributed by atoms with van der Waals surface area (Å²) in [6.07, 6.45) is 0.824. The van der Waals surface area contributed by atoms with Crippen LogP contribution in [0.5, 0.6) is 5.75 Å². The highest BCUT2D eigenvalue weighted by Crippen LogP contribution is 2.25. The van der Waals surface area contributed by atoms with E-state index in [9.17, 15) is 4.79 Å². The summed E-state index contributed by atoms with van der Waals surface area (Å²) in [7, 11) is 1.52. The molecule has 7 heteroatoms. The Balaban J connectivity index is 2.04. The Hall–Kier alpha value is -1.86. The molecule has 0 bridgehead atoms. The first-order chi connectivity index (χ1) is 9.60. The molecular weight excluding hydrogens is 278 g/mol. The molecule has 0 saturated carbocycles. The van der Waals surface area contributed by atoms with Crippen molar-refractivity contribution in [1.82, 2.24) is 5.32 Å². The van der Waals surface area contributed by atoms with Gasteiger partial charge in [0.25, 0.3) is 0 Å². The van der Waals surface area contributed by atoms with E-state index in [0.717, 1.165) is 6.42 Å². The van der Waals surface area contributed by atoms with Gasteiger partial charge in [-0.2, -0.15) is 0 Å². The minimum Gasteiger partial charge on any atom is -0.495 e. The van der Waals surface area contributed by atoms with Gasteiger partial charge in [-0.1, -0.05) is 12.2 Å². The van der Waals surface area contributed by atoms with E-state index in [1.807, 2.05) is 0 Å². The van der Waals surface area contributed by atoms with Gasteiger partial charge in [-0.05, 0) is 24.6 Å². The summed E-state index contributed by atoms with van der Waals surface area (Å²) >= 11 is 4.90. The second-order valence-corrected chi connectivity index (χ2v) is 4.88. The summed E-state index contributed by atoms with van der Waals surface area (Å²) in [5.74, 6) is 0.508. The number of thiocarbonyl (C=S) groups is 1. The Kier molecular flexibility index (Phi) is 4.75. The van der Waals surface area contributed by atoms with Crippen molar-refractivity contribution < 1.29 is 14.3 Å². The van der Waals surface area contributed by atoms with Crippen molar-refractivity contribution in [3.8, 4) is 5.75 Å². The number of hydrogen-bond donors (Lipinski definition) is 3. The van der Waals surface area contributed by atoms with Crippen molar-refractivity contribution in [3.05, 3.63) is 23.8 Å². The van der Waals surface area contributed by atoms with Gasteiger partial charge in [0.2, 0.25) is 0 Å². The zero-order valence-corrected chi connectivity index (χ0v) is 12.0. The fourth-order valence-electron chi connectivity index (χ4n) is 1.94. The number of urea groups is 1. The van der Waals surface area contributed by atoms with E-state index in [0.29, 0.717) is 30.2 Å². The smallest absolute Gasteiger partial charge is 0.319 e. The summed E-state index contributed by atoms with van der Waals surface area (Å²) in [5.41, 5.74) is 6.81. The van der Waals surface area contributed by atoms with Crippen LogP contribution in [-0.4, -0.2) is 37.4 Å². The maximum atomic E-state index is 11.9. The number of methoxy groups -OCH3 is 1. The lowest BCUT2D eigenvalue weighted by molar-refractivity contribution is 0.189. The van der Waals surface area contributed by atoms with Crippen molar-refractivity contribution in [2.75, 3.05) is 25.6 Å². The number of ether oxygens (including phenoxy) is 2. The number of benzene rings is 1. The molecule has 0 radical (unpaired) electrons. The molecule has 2 rings (SSSR count). The quantitative estimate of drug-likeness (QED) is 0.728. The van der Waals surface area contributed by atoms with Crippen LogP contribution >= 0.6 is 12.2 Å². The number of anilines is 1. The molecule has 1 unspecified atom stereocenters. The predicted molar refractivity (Wildman–Crippen MR) is 80.3 cm³/mol. The molecule has 1 atom stereocenters. The first-order valence-corrected chi connectivity index (χ1v) is 6.64. The van der Waals surface area contributed by atoms with Crippen LogP contribution in [0.15, 0.2) is 18.2 Å². The molecule has 0 aliphatic carbocycles. The van der Waals surface area contributed by atoms with Gasteiger partial charge in [0, 0.05) is 12.2 Å². The van der Waals surface area contributed by atoms with Crippen LogP contribution in [-0.2, 0) is 4.74 Å². The van der Waals surface area contributed by atoms with Crippen molar-refractivity contribution in [3.63, 3.8) is 0 Å². The van der Waals surface area contributed by atoms with Gasteiger partial charge < -0.3 is 25.8 Å². The minimum atomic E-state index is -0.290. The SMILES string of the molecule is COc1cc(C(N)=S)ccc1NC(=O)NC1CCOC1. The third-order valence-corrected chi connectivity index (χ3v) is 3.23. The third kappa shape index (κ3) is 3.58. The van der Waals surface area contributed by atoms with E-state index in [4.69, 9.17) is 27.4 Å². The molecular formula is C13H17N3O3S. The zero-order valence-electron chi connectivity index (χ0n) is 11.1. The van der Waals surface area contributed by atoms with Gasteiger partial charge in [0.1, 0.15) is 10.7 Å². The number of carbonyl (C=O) groups is 1. The highest BCUT2D eigenvalue weighted by Gasteiger charge is 2.18. The van der Waals surface area contributed by atoms with E-state index in [1.165, 1.54) is 7.11 Å².